The van der Waals surface area contributed by atoms with Crippen molar-refractivity contribution >= 4 is 17.7 Å². The maximum absolute atomic E-state index is 12.2. The van der Waals surface area contributed by atoms with Crippen molar-refractivity contribution in [3.63, 3.8) is 0 Å². The van der Waals surface area contributed by atoms with E-state index in [2.05, 4.69) is 12.1 Å². The van der Waals surface area contributed by atoms with Crippen LogP contribution in [0.3, 0.4) is 0 Å². The minimum absolute atomic E-state index is 0.0266. The molecule has 3 rings (SSSR count). The molecule has 6 nitrogen and oxygen atoms in total. The van der Waals surface area contributed by atoms with Crippen LogP contribution in [0.4, 0.5) is 0 Å². The molecule has 1 fully saturated rings. The molecule has 0 unspecified atom stereocenters. The van der Waals surface area contributed by atoms with E-state index in [1.54, 1.807) is 4.90 Å². The van der Waals surface area contributed by atoms with Crippen LogP contribution < -0.4 is 4.74 Å². The number of carbonyl (C=O) groups excluding carboxylic acids is 1. The Bertz CT molecular complexity index is 1010. The predicted molar refractivity (Wildman–Crippen MR) is 134 cm³/mol. The van der Waals surface area contributed by atoms with Gasteiger partial charge in [-0.2, -0.15) is 0 Å². The second kappa shape index (κ2) is 12.4. The van der Waals surface area contributed by atoms with Crippen LogP contribution in [0.1, 0.15) is 63.5 Å². The maximum atomic E-state index is 12.2. The predicted octanol–water partition coefficient (Wildman–Crippen LogP) is 5.72. The summed E-state index contributed by atoms with van der Waals surface area (Å²) >= 11 is 0. The van der Waals surface area contributed by atoms with Crippen molar-refractivity contribution in [3.05, 3.63) is 53.6 Å². The van der Waals surface area contributed by atoms with Gasteiger partial charge in [-0.1, -0.05) is 37.3 Å². The Balaban J connectivity index is 1.65. The van der Waals surface area contributed by atoms with Crippen molar-refractivity contribution in [1.29, 1.82) is 5.41 Å². The molecule has 0 atom stereocenters. The van der Waals surface area contributed by atoms with E-state index in [1.165, 1.54) is 12.8 Å². The smallest absolute Gasteiger partial charge is 0.307 e. The van der Waals surface area contributed by atoms with Gasteiger partial charge >= 0.3 is 5.97 Å². The number of carbonyl (C=O) groups is 2. The van der Waals surface area contributed by atoms with Gasteiger partial charge in [0.05, 0.1) is 13.0 Å². The highest BCUT2D eigenvalue weighted by atomic mass is 16.5. The average molecular weight is 465 g/mol. The molecule has 0 bridgehead atoms. The molecule has 2 aromatic rings. The monoisotopic (exact) mass is 464 g/mol. The number of nitrogens with one attached hydrogen (secondary N) is 1. The van der Waals surface area contributed by atoms with Gasteiger partial charge in [-0.15, -0.1) is 0 Å². The lowest BCUT2D eigenvalue weighted by Gasteiger charge is -2.21. The summed E-state index contributed by atoms with van der Waals surface area (Å²) in [6, 6.07) is 14.0. The van der Waals surface area contributed by atoms with E-state index in [0.29, 0.717) is 49.1 Å². The van der Waals surface area contributed by atoms with Gasteiger partial charge in [-0.3, -0.25) is 15.0 Å². The number of nitrogens with zero attached hydrogens (tertiary/aromatic N) is 1. The molecule has 6 heteroatoms. The molecule has 1 saturated carbocycles. The fraction of sp³-hybridized carbons (Fsp3) is 0.464. The van der Waals surface area contributed by atoms with E-state index in [0.717, 1.165) is 36.0 Å². The largest absolute Gasteiger partial charge is 0.493 e. The Morgan fingerprint density at radius 2 is 1.85 bits per heavy atom. The van der Waals surface area contributed by atoms with Gasteiger partial charge in [0, 0.05) is 24.9 Å². The van der Waals surface area contributed by atoms with Gasteiger partial charge in [0.1, 0.15) is 11.6 Å². The van der Waals surface area contributed by atoms with Crippen molar-refractivity contribution in [3.8, 4) is 16.9 Å². The number of aryl methyl sites for hydroxylation is 1. The van der Waals surface area contributed by atoms with Gasteiger partial charge in [-0.25, -0.2) is 0 Å². The van der Waals surface area contributed by atoms with Gasteiger partial charge in [0.15, 0.2) is 0 Å². The molecule has 0 spiro atoms. The average Bonchev–Trinajstić information content (AvgIpc) is 3.63. The molecule has 1 amide bonds. The Morgan fingerprint density at radius 3 is 2.53 bits per heavy atom. The van der Waals surface area contributed by atoms with Crippen molar-refractivity contribution in [2.75, 3.05) is 13.2 Å². The topological polar surface area (TPSA) is 90.7 Å². The van der Waals surface area contributed by atoms with Crippen molar-refractivity contribution in [2.45, 2.75) is 65.2 Å². The summed E-state index contributed by atoms with van der Waals surface area (Å²) in [5.74, 6) is 0.801. The molecule has 0 saturated heterocycles. The van der Waals surface area contributed by atoms with Gasteiger partial charge < -0.3 is 14.7 Å². The highest BCUT2D eigenvalue weighted by Crippen LogP contribution is 2.32. The second-order valence-electron chi connectivity index (χ2n) is 9.04. The number of carboxylic acid groups (broad SMARTS) is 1. The molecule has 2 aromatic carbocycles. The Kier molecular flexibility index (Phi) is 9.25. The van der Waals surface area contributed by atoms with Crippen LogP contribution in [-0.2, 0) is 22.4 Å². The molecular formula is C28H36N2O4. The number of ether oxygens (including phenoxy) is 1. The summed E-state index contributed by atoms with van der Waals surface area (Å²) in [6.07, 6.45) is 5.72. The molecule has 182 valence electrons. The summed E-state index contributed by atoms with van der Waals surface area (Å²) in [7, 11) is 0. The molecule has 2 N–H and O–H groups in total. The van der Waals surface area contributed by atoms with Crippen LogP contribution in [0.5, 0.6) is 5.75 Å². The first-order valence-electron chi connectivity index (χ1n) is 12.4. The van der Waals surface area contributed by atoms with Crippen LogP contribution in [0.2, 0.25) is 0 Å². The molecule has 0 aliphatic heterocycles. The van der Waals surface area contributed by atoms with Crippen LogP contribution in [0, 0.1) is 11.3 Å². The Morgan fingerprint density at radius 1 is 1.09 bits per heavy atom. The number of aliphatic carboxylic acids is 1. The fourth-order valence-electron chi connectivity index (χ4n) is 4.06. The number of carboxylic acids is 1. The summed E-state index contributed by atoms with van der Waals surface area (Å²) in [6.45, 7) is 5.07. The van der Waals surface area contributed by atoms with Crippen LogP contribution >= 0.6 is 0 Å². The van der Waals surface area contributed by atoms with Crippen LogP contribution in [0.25, 0.3) is 11.1 Å². The lowest BCUT2D eigenvalue weighted by Crippen LogP contribution is -2.36. The molecule has 0 heterocycles. The van der Waals surface area contributed by atoms with E-state index < -0.39 is 5.97 Å². The normalized spacial score (nSPS) is 12.9. The molecular weight excluding hydrogens is 428 g/mol. The number of rotatable bonds is 13. The summed E-state index contributed by atoms with van der Waals surface area (Å²) in [5, 5.41) is 17.7. The number of hydrogen-bond donors (Lipinski definition) is 2. The molecule has 0 radical (unpaired) electrons. The first-order chi connectivity index (χ1) is 16.4. The fourth-order valence-corrected chi connectivity index (χ4v) is 4.06. The number of amidine groups is 1. The zero-order chi connectivity index (χ0) is 24.5. The lowest BCUT2D eigenvalue weighted by atomic mass is 9.97. The minimum atomic E-state index is -0.872. The summed E-state index contributed by atoms with van der Waals surface area (Å²) in [4.78, 5) is 25.2. The number of hydrogen-bond acceptors (Lipinski definition) is 4. The van der Waals surface area contributed by atoms with Crippen LogP contribution in [0.15, 0.2) is 42.5 Å². The van der Waals surface area contributed by atoms with Gasteiger partial charge in [0.25, 0.3) is 0 Å². The third kappa shape index (κ3) is 7.44. The summed E-state index contributed by atoms with van der Waals surface area (Å²) in [5.41, 5.74) is 3.84. The van der Waals surface area contributed by atoms with E-state index in [-0.39, 0.29) is 12.3 Å². The molecule has 34 heavy (non-hydrogen) atoms. The first kappa shape index (κ1) is 25.5. The molecule has 1 aliphatic rings. The van der Waals surface area contributed by atoms with Crippen LogP contribution in [-0.4, -0.2) is 40.9 Å². The number of benzene rings is 2. The zero-order valence-corrected chi connectivity index (χ0v) is 20.3. The first-order valence-corrected chi connectivity index (χ1v) is 12.4. The molecule has 1 aliphatic carbocycles. The maximum Gasteiger partial charge on any atom is 0.307 e. The Labute approximate surface area is 202 Å². The Hall–Kier alpha value is -3.15. The van der Waals surface area contributed by atoms with Gasteiger partial charge in [-0.05, 0) is 73.8 Å². The third-order valence-corrected chi connectivity index (χ3v) is 6.12. The van der Waals surface area contributed by atoms with Gasteiger partial charge in [0.2, 0.25) is 5.91 Å². The van der Waals surface area contributed by atoms with Crippen molar-refractivity contribution in [1.82, 2.24) is 4.90 Å². The highest BCUT2D eigenvalue weighted by Gasteiger charge is 2.22. The van der Waals surface area contributed by atoms with E-state index in [9.17, 15) is 14.7 Å². The second-order valence-corrected chi connectivity index (χ2v) is 9.04. The zero-order valence-electron chi connectivity index (χ0n) is 20.3. The van der Waals surface area contributed by atoms with E-state index in [4.69, 9.17) is 10.1 Å². The third-order valence-electron chi connectivity index (χ3n) is 6.12. The van der Waals surface area contributed by atoms with E-state index in [1.807, 2.05) is 44.2 Å². The summed E-state index contributed by atoms with van der Waals surface area (Å²) < 4.78 is 5.90. The van der Waals surface area contributed by atoms with Crippen molar-refractivity contribution < 1.29 is 19.4 Å². The molecule has 0 aromatic heterocycles. The highest BCUT2D eigenvalue weighted by molar-refractivity contribution is 5.96. The SMILES string of the molecule is CCCC(=O)N(CC)C(=N)CCCc1cccc(-c2ccc(OCC3CC3)c(CC(=O)O)c2)c1. The van der Waals surface area contributed by atoms with E-state index >= 15 is 0 Å². The minimum Gasteiger partial charge on any atom is -0.493 e. The standard InChI is InChI=1S/C28H36N2O4/c1-3-7-27(31)30(4-2)26(29)11-6-9-20-8-5-10-22(16-20)23-14-15-25(34-19-21-12-13-21)24(17-23)18-28(32)33/h5,8,10,14-17,21,29H,3-4,6-7,9,11-13,18-19H2,1-2H3,(H,32,33). The van der Waals surface area contributed by atoms with Crippen molar-refractivity contribution in [2.24, 2.45) is 5.92 Å². The quantitative estimate of drug-likeness (QED) is 0.293. The number of amides is 1. The lowest BCUT2D eigenvalue weighted by molar-refractivity contribution is -0.136.